The Morgan fingerprint density at radius 1 is 1.54 bits per heavy atom. The molecule has 0 radical (unpaired) electrons. The topological polar surface area (TPSA) is 35.2 Å². The number of benzene rings is 1. The standard InChI is InChI=1S/C10H12FNO/c1-6-10(12)9-7(5-13-6)3-2-4-8(9)11/h2-4,6,10H,5,12H2,1H3/t6-,10+/m1/s1. The van der Waals surface area contributed by atoms with Gasteiger partial charge in [0.25, 0.3) is 0 Å². The molecule has 1 heterocycles. The van der Waals surface area contributed by atoms with E-state index in [0.29, 0.717) is 12.2 Å². The summed E-state index contributed by atoms with van der Waals surface area (Å²) in [5.74, 6) is -0.222. The van der Waals surface area contributed by atoms with Crippen LogP contribution in [-0.4, -0.2) is 6.10 Å². The van der Waals surface area contributed by atoms with Crippen LogP contribution in [0.2, 0.25) is 0 Å². The van der Waals surface area contributed by atoms with Gasteiger partial charge in [0, 0.05) is 5.56 Å². The number of hydrogen-bond acceptors (Lipinski definition) is 2. The van der Waals surface area contributed by atoms with Crippen LogP contribution in [0, 0.1) is 5.82 Å². The molecule has 0 saturated heterocycles. The Morgan fingerprint density at radius 2 is 2.31 bits per heavy atom. The first-order valence-electron chi connectivity index (χ1n) is 4.34. The lowest BCUT2D eigenvalue weighted by Crippen LogP contribution is -2.32. The molecule has 1 aromatic carbocycles. The normalized spacial score (nSPS) is 27.0. The Balaban J connectivity index is 2.51. The molecule has 1 aliphatic heterocycles. The van der Waals surface area contributed by atoms with Gasteiger partial charge in [0.1, 0.15) is 5.82 Å². The maximum atomic E-state index is 13.4. The SMILES string of the molecule is C[C@H]1OCc2cccc(F)c2[C@H]1N. The highest BCUT2D eigenvalue weighted by Crippen LogP contribution is 2.29. The highest BCUT2D eigenvalue weighted by molar-refractivity contribution is 5.33. The van der Waals surface area contributed by atoms with Crippen LogP contribution in [0.1, 0.15) is 24.1 Å². The van der Waals surface area contributed by atoms with Gasteiger partial charge in [-0.2, -0.15) is 0 Å². The molecule has 0 unspecified atom stereocenters. The third kappa shape index (κ3) is 1.34. The van der Waals surface area contributed by atoms with Crippen LogP contribution in [0.25, 0.3) is 0 Å². The molecule has 0 aromatic heterocycles. The van der Waals surface area contributed by atoms with E-state index in [1.165, 1.54) is 6.07 Å². The van der Waals surface area contributed by atoms with Crippen LogP contribution in [0.15, 0.2) is 18.2 Å². The Labute approximate surface area is 76.5 Å². The molecule has 0 fully saturated rings. The number of halogens is 1. The summed E-state index contributed by atoms with van der Waals surface area (Å²) >= 11 is 0. The van der Waals surface area contributed by atoms with Crippen LogP contribution < -0.4 is 5.73 Å². The molecule has 2 nitrogen and oxygen atoms in total. The minimum atomic E-state index is -0.343. The summed E-state index contributed by atoms with van der Waals surface area (Å²) in [6, 6.07) is 4.63. The predicted octanol–water partition coefficient (Wildman–Crippen LogP) is 1.74. The monoisotopic (exact) mass is 181 g/mol. The van der Waals surface area contributed by atoms with Crippen molar-refractivity contribution in [2.24, 2.45) is 5.73 Å². The van der Waals surface area contributed by atoms with Crippen molar-refractivity contribution in [3.8, 4) is 0 Å². The lowest BCUT2D eigenvalue weighted by atomic mass is 9.95. The van der Waals surface area contributed by atoms with Crippen molar-refractivity contribution in [3.63, 3.8) is 0 Å². The van der Waals surface area contributed by atoms with Crippen molar-refractivity contribution in [2.45, 2.75) is 25.7 Å². The summed E-state index contributed by atoms with van der Waals surface area (Å²) in [7, 11) is 0. The Kier molecular flexibility index (Phi) is 2.06. The van der Waals surface area contributed by atoms with E-state index < -0.39 is 0 Å². The molecule has 2 N–H and O–H groups in total. The molecule has 13 heavy (non-hydrogen) atoms. The van der Waals surface area contributed by atoms with E-state index in [4.69, 9.17) is 10.5 Å². The smallest absolute Gasteiger partial charge is 0.128 e. The van der Waals surface area contributed by atoms with Crippen LogP contribution >= 0.6 is 0 Å². The molecule has 1 aliphatic rings. The van der Waals surface area contributed by atoms with E-state index in [1.807, 2.05) is 13.0 Å². The van der Waals surface area contributed by atoms with Gasteiger partial charge in [0.15, 0.2) is 0 Å². The molecule has 3 heteroatoms. The van der Waals surface area contributed by atoms with Gasteiger partial charge in [0.05, 0.1) is 18.8 Å². The number of nitrogens with two attached hydrogens (primary N) is 1. The third-order valence-corrected chi connectivity index (χ3v) is 2.48. The van der Waals surface area contributed by atoms with E-state index in [0.717, 1.165) is 5.56 Å². The van der Waals surface area contributed by atoms with E-state index in [1.54, 1.807) is 6.07 Å². The van der Waals surface area contributed by atoms with Crippen LogP contribution in [-0.2, 0) is 11.3 Å². The van der Waals surface area contributed by atoms with Crippen molar-refractivity contribution < 1.29 is 9.13 Å². The Morgan fingerprint density at radius 3 is 3.08 bits per heavy atom. The number of hydrogen-bond donors (Lipinski definition) is 1. The summed E-state index contributed by atoms with van der Waals surface area (Å²) in [4.78, 5) is 0. The fraction of sp³-hybridized carbons (Fsp3) is 0.400. The lowest BCUT2D eigenvalue weighted by Gasteiger charge is -2.28. The molecule has 70 valence electrons. The number of ether oxygens (including phenoxy) is 1. The first kappa shape index (κ1) is 8.66. The lowest BCUT2D eigenvalue weighted by molar-refractivity contribution is 0.0199. The highest BCUT2D eigenvalue weighted by Gasteiger charge is 2.26. The molecule has 0 amide bonds. The molecule has 2 rings (SSSR count). The maximum Gasteiger partial charge on any atom is 0.128 e. The molecule has 2 atom stereocenters. The number of rotatable bonds is 0. The average molecular weight is 181 g/mol. The highest BCUT2D eigenvalue weighted by atomic mass is 19.1. The minimum Gasteiger partial charge on any atom is -0.372 e. The van der Waals surface area contributed by atoms with Crippen molar-refractivity contribution in [1.82, 2.24) is 0 Å². The van der Waals surface area contributed by atoms with Gasteiger partial charge in [-0.25, -0.2) is 4.39 Å². The largest absolute Gasteiger partial charge is 0.372 e. The third-order valence-electron chi connectivity index (χ3n) is 2.48. The van der Waals surface area contributed by atoms with E-state index in [2.05, 4.69) is 0 Å². The van der Waals surface area contributed by atoms with Gasteiger partial charge in [-0.15, -0.1) is 0 Å². The van der Waals surface area contributed by atoms with E-state index >= 15 is 0 Å². The zero-order valence-corrected chi connectivity index (χ0v) is 7.46. The molecule has 0 aliphatic carbocycles. The van der Waals surface area contributed by atoms with E-state index in [-0.39, 0.29) is 18.0 Å². The molecule has 1 aromatic rings. The summed E-state index contributed by atoms with van der Waals surface area (Å²) in [5, 5.41) is 0. The average Bonchev–Trinajstić information content (AvgIpc) is 2.12. The molecular formula is C10H12FNO. The predicted molar refractivity (Wildman–Crippen MR) is 47.6 cm³/mol. The zero-order valence-electron chi connectivity index (χ0n) is 7.46. The second-order valence-electron chi connectivity index (χ2n) is 3.35. The van der Waals surface area contributed by atoms with Gasteiger partial charge >= 0.3 is 0 Å². The van der Waals surface area contributed by atoms with Crippen LogP contribution in [0.3, 0.4) is 0 Å². The summed E-state index contributed by atoms with van der Waals surface area (Å²) in [6.07, 6.45) is -0.107. The fourth-order valence-electron chi connectivity index (χ4n) is 1.64. The molecule has 0 saturated carbocycles. The fourth-order valence-corrected chi connectivity index (χ4v) is 1.64. The van der Waals surface area contributed by atoms with E-state index in [9.17, 15) is 4.39 Å². The Bertz CT molecular complexity index is 327. The molecule has 0 bridgehead atoms. The summed E-state index contributed by atoms with van der Waals surface area (Å²) in [6.45, 7) is 2.32. The van der Waals surface area contributed by atoms with Crippen LogP contribution in [0.4, 0.5) is 4.39 Å². The summed E-state index contributed by atoms with van der Waals surface area (Å²) < 4.78 is 18.7. The van der Waals surface area contributed by atoms with Crippen molar-refractivity contribution >= 4 is 0 Å². The second kappa shape index (κ2) is 3.09. The minimum absolute atomic E-state index is 0.107. The zero-order chi connectivity index (χ0) is 9.42. The van der Waals surface area contributed by atoms with Gasteiger partial charge in [0.2, 0.25) is 0 Å². The Hall–Kier alpha value is -0.930. The first-order valence-corrected chi connectivity index (χ1v) is 4.34. The summed E-state index contributed by atoms with van der Waals surface area (Å²) in [5.41, 5.74) is 7.30. The second-order valence-corrected chi connectivity index (χ2v) is 3.35. The van der Waals surface area contributed by atoms with Gasteiger partial charge < -0.3 is 10.5 Å². The van der Waals surface area contributed by atoms with Crippen molar-refractivity contribution in [1.29, 1.82) is 0 Å². The van der Waals surface area contributed by atoms with Crippen molar-refractivity contribution in [2.75, 3.05) is 0 Å². The van der Waals surface area contributed by atoms with Crippen molar-refractivity contribution in [3.05, 3.63) is 35.1 Å². The van der Waals surface area contributed by atoms with Gasteiger partial charge in [-0.1, -0.05) is 12.1 Å². The van der Waals surface area contributed by atoms with Gasteiger partial charge in [-0.05, 0) is 18.6 Å². The number of fused-ring (bicyclic) bond motifs is 1. The van der Waals surface area contributed by atoms with Gasteiger partial charge in [-0.3, -0.25) is 0 Å². The molecule has 0 spiro atoms. The first-order chi connectivity index (χ1) is 6.20. The quantitative estimate of drug-likeness (QED) is 0.661. The maximum absolute atomic E-state index is 13.4. The van der Waals surface area contributed by atoms with Crippen LogP contribution in [0.5, 0.6) is 0 Å². The molecular weight excluding hydrogens is 169 g/mol.